The van der Waals surface area contributed by atoms with E-state index in [0.717, 1.165) is 34.7 Å². The molecule has 0 spiro atoms. The summed E-state index contributed by atoms with van der Waals surface area (Å²) in [5.74, 6) is -1.37. The Morgan fingerprint density at radius 3 is 2.07 bits per heavy atom. The van der Waals surface area contributed by atoms with E-state index in [-0.39, 0.29) is 12.2 Å². The minimum atomic E-state index is -4.54. The molecule has 0 radical (unpaired) electrons. The van der Waals surface area contributed by atoms with E-state index in [1.807, 2.05) is 0 Å². The Balaban J connectivity index is 2.26. The lowest BCUT2D eigenvalue weighted by atomic mass is 10.0. The topological polar surface area (TPSA) is 66.8 Å². The summed E-state index contributed by atoms with van der Waals surface area (Å²) in [6.07, 6.45) is -5.41. The number of amides is 1. The van der Waals surface area contributed by atoms with Crippen molar-refractivity contribution in [2.75, 3.05) is 0 Å². The largest absolute Gasteiger partial charge is 0.479 e. The monoisotopic (exact) mass is 395 g/mol. The van der Waals surface area contributed by atoms with E-state index in [9.17, 15) is 27.9 Å². The van der Waals surface area contributed by atoms with Crippen molar-refractivity contribution in [3.63, 3.8) is 0 Å². The number of aliphatic carboxylic acids is 1. The molecule has 28 heavy (non-hydrogen) atoms. The van der Waals surface area contributed by atoms with Gasteiger partial charge in [0, 0.05) is 6.04 Å². The van der Waals surface area contributed by atoms with Gasteiger partial charge < -0.3 is 9.84 Å². The third kappa shape index (κ3) is 5.25. The Labute approximate surface area is 160 Å². The lowest BCUT2D eigenvalue weighted by Crippen LogP contribution is -2.43. The number of carbonyl (C=O) groups is 2. The molecule has 8 heteroatoms. The van der Waals surface area contributed by atoms with Crippen molar-refractivity contribution in [3.05, 3.63) is 71.3 Å². The van der Waals surface area contributed by atoms with Gasteiger partial charge in [-0.15, -0.1) is 0 Å². The number of rotatable bonds is 6. The SMILES string of the molecule is CC(C)N(C(=O)OCc1ccccc1)C(C(=O)O)c1ccc(C(F)(F)F)cc1. The number of carboxylic acids is 1. The van der Waals surface area contributed by atoms with Crippen LogP contribution < -0.4 is 0 Å². The fourth-order valence-electron chi connectivity index (χ4n) is 2.68. The van der Waals surface area contributed by atoms with Crippen molar-refractivity contribution >= 4 is 12.1 Å². The zero-order valence-electron chi connectivity index (χ0n) is 15.3. The van der Waals surface area contributed by atoms with Crippen LogP contribution >= 0.6 is 0 Å². The van der Waals surface area contributed by atoms with Crippen LogP contribution in [0.2, 0.25) is 0 Å². The quantitative estimate of drug-likeness (QED) is 0.757. The molecule has 0 heterocycles. The van der Waals surface area contributed by atoms with Crippen molar-refractivity contribution < 1.29 is 32.6 Å². The fourth-order valence-corrected chi connectivity index (χ4v) is 2.68. The standard InChI is InChI=1S/C20H20F3NO4/c1-13(2)24(19(27)28-12-14-6-4-3-5-7-14)17(18(25)26)15-8-10-16(11-9-15)20(21,22)23/h3-11,13,17H,12H2,1-2H3,(H,25,26). The molecule has 2 aromatic rings. The molecule has 0 saturated heterocycles. The minimum absolute atomic E-state index is 0.0471. The van der Waals surface area contributed by atoms with Crippen LogP contribution in [0.15, 0.2) is 54.6 Å². The Kier molecular flexibility index (Phi) is 6.66. The van der Waals surface area contributed by atoms with Gasteiger partial charge in [-0.05, 0) is 37.1 Å². The number of benzene rings is 2. The average molecular weight is 395 g/mol. The van der Waals surface area contributed by atoms with Gasteiger partial charge in [-0.2, -0.15) is 13.2 Å². The zero-order chi connectivity index (χ0) is 20.9. The Hall–Kier alpha value is -3.03. The number of halogens is 3. The van der Waals surface area contributed by atoms with Crippen molar-refractivity contribution in [2.24, 2.45) is 0 Å². The van der Waals surface area contributed by atoms with Gasteiger partial charge in [-0.3, -0.25) is 4.90 Å². The summed E-state index contributed by atoms with van der Waals surface area (Å²) in [5, 5.41) is 9.64. The lowest BCUT2D eigenvalue weighted by Gasteiger charge is -2.32. The Morgan fingerprint density at radius 2 is 1.61 bits per heavy atom. The number of ether oxygens (including phenoxy) is 1. The average Bonchev–Trinajstić information content (AvgIpc) is 2.63. The molecule has 0 fully saturated rings. The minimum Gasteiger partial charge on any atom is -0.479 e. The highest BCUT2D eigenvalue weighted by Gasteiger charge is 2.36. The number of nitrogens with zero attached hydrogens (tertiary/aromatic N) is 1. The van der Waals surface area contributed by atoms with Gasteiger partial charge in [0.25, 0.3) is 0 Å². The molecule has 1 N–H and O–H groups in total. The third-order valence-corrected chi connectivity index (χ3v) is 4.04. The molecular weight excluding hydrogens is 375 g/mol. The molecule has 1 amide bonds. The first-order chi connectivity index (χ1) is 13.1. The molecule has 1 unspecified atom stereocenters. The molecule has 2 aromatic carbocycles. The lowest BCUT2D eigenvalue weighted by molar-refractivity contribution is -0.143. The molecule has 5 nitrogen and oxygen atoms in total. The molecule has 150 valence electrons. The van der Waals surface area contributed by atoms with Crippen molar-refractivity contribution in [3.8, 4) is 0 Å². The van der Waals surface area contributed by atoms with E-state index >= 15 is 0 Å². The Bertz CT molecular complexity index is 804. The maximum atomic E-state index is 12.8. The number of carbonyl (C=O) groups excluding carboxylic acids is 1. The van der Waals surface area contributed by atoms with Crippen LogP contribution in [0.1, 0.15) is 36.6 Å². The second-order valence-corrected chi connectivity index (χ2v) is 6.40. The molecule has 0 aliphatic heterocycles. The van der Waals surface area contributed by atoms with Crippen LogP contribution in [0.5, 0.6) is 0 Å². The number of carboxylic acid groups (broad SMARTS) is 1. The van der Waals surface area contributed by atoms with Crippen LogP contribution in [-0.4, -0.2) is 28.1 Å². The van der Waals surface area contributed by atoms with E-state index in [0.29, 0.717) is 0 Å². The molecule has 2 rings (SSSR count). The highest BCUT2D eigenvalue weighted by atomic mass is 19.4. The third-order valence-electron chi connectivity index (χ3n) is 4.04. The van der Waals surface area contributed by atoms with Gasteiger partial charge in [-0.25, -0.2) is 9.59 Å². The fraction of sp³-hybridized carbons (Fsp3) is 0.300. The first kappa shape index (κ1) is 21.3. The Morgan fingerprint density at radius 1 is 1.04 bits per heavy atom. The highest BCUT2D eigenvalue weighted by molar-refractivity contribution is 5.81. The van der Waals surface area contributed by atoms with Crippen LogP contribution in [0.4, 0.5) is 18.0 Å². The summed E-state index contributed by atoms with van der Waals surface area (Å²) in [5.41, 5.74) is -0.130. The molecule has 0 bridgehead atoms. The van der Waals surface area contributed by atoms with Gasteiger partial charge >= 0.3 is 18.2 Å². The van der Waals surface area contributed by atoms with Gasteiger partial charge in [0.05, 0.1) is 5.56 Å². The van der Waals surface area contributed by atoms with E-state index in [1.54, 1.807) is 44.2 Å². The van der Waals surface area contributed by atoms with Gasteiger partial charge in [0.15, 0.2) is 6.04 Å². The molecule has 0 aliphatic carbocycles. The van der Waals surface area contributed by atoms with Gasteiger partial charge in [0.2, 0.25) is 0 Å². The zero-order valence-corrected chi connectivity index (χ0v) is 15.3. The number of hydrogen-bond acceptors (Lipinski definition) is 3. The molecule has 1 atom stereocenters. The molecule has 0 aliphatic rings. The molecule has 0 saturated carbocycles. The van der Waals surface area contributed by atoms with Crippen LogP contribution in [0.3, 0.4) is 0 Å². The van der Waals surface area contributed by atoms with E-state index in [4.69, 9.17) is 4.74 Å². The second kappa shape index (κ2) is 8.77. The van der Waals surface area contributed by atoms with Crippen molar-refractivity contribution in [2.45, 2.75) is 38.7 Å². The van der Waals surface area contributed by atoms with Gasteiger partial charge in [0.1, 0.15) is 6.61 Å². The normalized spacial score (nSPS) is 12.5. The van der Waals surface area contributed by atoms with Crippen molar-refractivity contribution in [1.29, 1.82) is 0 Å². The highest BCUT2D eigenvalue weighted by Crippen LogP contribution is 2.31. The summed E-state index contributed by atoms with van der Waals surface area (Å²) < 4.78 is 43.5. The summed E-state index contributed by atoms with van der Waals surface area (Å²) >= 11 is 0. The first-order valence-electron chi connectivity index (χ1n) is 8.50. The maximum Gasteiger partial charge on any atom is 0.416 e. The first-order valence-corrected chi connectivity index (χ1v) is 8.50. The predicted octanol–water partition coefficient (Wildman–Crippen LogP) is 4.88. The van der Waals surface area contributed by atoms with Crippen LogP contribution in [0.25, 0.3) is 0 Å². The smallest absolute Gasteiger partial charge is 0.416 e. The summed E-state index contributed by atoms with van der Waals surface area (Å²) in [6, 6.07) is 10.5. The van der Waals surface area contributed by atoms with Crippen LogP contribution in [0, 0.1) is 0 Å². The number of hydrogen-bond donors (Lipinski definition) is 1. The van der Waals surface area contributed by atoms with Gasteiger partial charge in [-0.1, -0.05) is 42.5 Å². The molecular formula is C20H20F3NO4. The van der Waals surface area contributed by atoms with E-state index in [1.165, 1.54) is 0 Å². The molecule has 0 aromatic heterocycles. The van der Waals surface area contributed by atoms with E-state index in [2.05, 4.69) is 0 Å². The van der Waals surface area contributed by atoms with Crippen molar-refractivity contribution in [1.82, 2.24) is 4.90 Å². The number of alkyl halides is 3. The van der Waals surface area contributed by atoms with E-state index < -0.39 is 35.9 Å². The summed E-state index contributed by atoms with van der Waals surface area (Å²) in [6.45, 7) is 3.15. The summed E-state index contributed by atoms with van der Waals surface area (Å²) in [4.78, 5) is 25.4. The van der Waals surface area contributed by atoms with Crippen LogP contribution in [-0.2, 0) is 22.3 Å². The summed E-state index contributed by atoms with van der Waals surface area (Å²) in [7, 11) is 0. The maximum absolute atomic E-state index is 12.8. The predicted molar refractivity (Wildman–Crippen MR) is 95.4 cm³/mol. The second-order valence-electron chi connectivity index (χ2n) is 6.40.